The van der Waals surface area contributed by atoms with E-state index >= 15 is 0 Å². The zero-order valence-corrected chi connectivity index (χ0v) is 27.9. The Morgan fingerprint density at radius 3 is 2.19 bits per heavy atom. The lowest BCUT2D eigenvalue weighted by Gasteiger charge is -2.51. The monoisotopic (exact) mass is 667 g/mol. The van der Waals surface area contributed by atoms with Crippen LogP contribution in [0.4, 0.5) is 10.5 Å². The van der Waals surface area contributed by atoms with Crippen molar-refractivity contribution in [1.29, 1.82) is 0 Å². The number of para-hydroxylation sites is 2. The lowest BCUT2D eigenvalue weighted by atomic mass is 9.95. The van der Waals surface area contributed by atoms with Crippen LogP contribution in [0, 0.1) is 0 Å². The van der Waals surface area contributed by atoms with Crippen LogP contribution in [-0.2, 0) is 23.9 Å². The molecule has 2 saturated heterocycles. The smallest absolute Gasteiger partial charge is 0.408 e. The maximum atomic E-state index is 14.3. The van der Waals surface area contributed by atoms with E-state index < -0.39 is 47.1 Å². The molecule has 2 fully saturated rings. The van der Waals surface area contributed by atoms with Crippen molar-refractivity contribution in [3.8, 4) is 5.75 Å². The van der Waals surface area contributed by atoms with Crippen LogP contribution in [0.2, 0.25) is 0 Å². The minimum absolute atomic E-state index is 0.217. The minimum Gasteiger partial charge on any atom is -0.495 e. The highest BCUT2D eigenvalue weighted by Gasteiger charge is 2.56. The number of anilines is 1. The third kappa shape index (κ3) is 6.68. The molecule has 0 spiro atoms. The normalized spacial score (nSPS) is 21.4. The molecular formula is C37H37N3O7S. The van der Waals surface area contributed by atoms with Gasteiger partial charge in [-0.3, -0.25) is 9.59 Å². The van der Waals surface area contributed by atoms with Gasteiger partial charge in [-0.05, 0) is 67.5 Å². The van der Waals surface area contributed by atoms with Crippen LogP contribution < -0.4 is 15.0 Å². The number of amides is 3. The first-order chi connectivity index (χ1) is 23.1. The van der Waals surface area contributed by atoms with E-state index in [-0.39, 0.29) is 5.91 Å². The number of thioether (sulfide) groups is 1. The van der Waals surface area contributed by atoms with Crippen molar-refractivity contribution in [2.45, 2.75) is 56.4 Å². The first-order valence-electron chi connectivity index (χ1n) is 15.7. The lowest BCUT2D eigenvalue weighted by Crippen LogP contribution is -2.74. The summed E-state index contributed by atoms with van der Waals surface area (Å²) in [6.07, 6.45) is 0.646. The molecule has 10 nitrogen and oxygen atoms in total. The molecule has 3 aromatic rings. The largest absolute Gasteiger partial charge is 0.495 e. The van der Waals surface area contributed by atoms with E-state index in [9.17, 15) is 19.2 Å². The molecule has 0 radical (unpaired) electrons. The fourth-order valence-corrected chi connectivity index (χ4v) is 7.20. The Bertz CT molecular complexity index is 1730. The Balaban J connectivity index is 1.32. The summed E-state index contributed by atoms with van der Waals surface area (Å²) in [6.45, 7) is 5.64. The minimum atomic E-state index is -1.16. The van der Waals surface area contributed by atoms with E-state index in [0.717, 1.165) is 11.1 Å². The van der Waals surface area contributed by atoms with Crippen LogP contribution in [0.1, 0.15) is 44.4 Å². The van der Waals surface area contributed by atoms with E-state index in [1.165, 1.54) is 16.7 Å². The summed E-state index contributed by atoms with van der Waals surface area (Å²) in [5.41, 5.74) is 2.37. The van der Waals surface area contributed by atoms with E-state index in [4.69, 9.17) is 14.2 Å². The Hall–Kier alpha value is -5.03. The molecule has 0 unspecified atom stereocenters. The Morgan fingerprint density at radius 2 is 1.56 bits per heavy atom. The molecule has 3 heterocycles. The van der Waals surface area contributed by atoms with E-state index in [1.54, 1.807) is 50.3 Å². The molecular weight excluding hydrogens is 630 g/mol. The van der Waals surface area contributed by atoms with Gasteiger partial charge in [-0.1, -0.05) is 72.8 Å². The zero-order chi connectivity index (χ0) is 34.0. The maximum Gasteiger partial charge on any atom is 0.408 e. The van der Waals surface area contributed by atoms with Gasteiger partial charge in [0.25, 0.3) is 5.91 Å². The van der Waals surface area contributed by atoms with Crippen molar-refractivity contribution < 1.29 is 33.4 Å². The molecule has 248 valence electrons. The van der Waals surface area contributed by atoms with Crippen LogP contribution in [0.25, 0.3) is 0 Å². The van der Waals surface area contributed by atoms with Gasteiger partial charge in [0, 0.05) is 12.1 Å². The van der Waals surface area contributed by atoms with Crippen molar-refractivity contribution in [3.63, 3.8) is 0 Å². The molecule has 0 aromatic heterocycles. The zero-order valence-electron chi connectivity index (χ0n) is 27.1. The molecule has 48 heavy (non-hydrogen) atoms. The summed E-state index contributed by atoms with van der Waals surface area (Å²) in [6, 6.07) is 24.0. The number of hydrogen-bond acceptors (Lipinski definition) is 8. The van der Waals surface area contributed by atoms with Gasteiger partial charge in [-0.2, -0.15) is 0 Å². The Morgan fingerprint density at radius 1 is 0.938 bits per heavy atom. The molecule has 6 rings (SSSR count). The average Bonchev–Trinajstić information content (AvgIpc) is 3.44. The third-order valence-corrected chi connectivity index (χ3v) is 9.38. The number of carbonyl (C=O) groups excluding carboxylic acids is 4. The number of methoxy groups -OCH3 is 1. The number of rotatable bonds is 8. The quantitative estimate of drug-likeness (QED) is 0.184. The number of fused-ring (bicyclic) bond motifs is 1. The summed E-state index contributed by atoms with van der Waals surface area (Å²) in [4.78, 5) is 57.4. The van der Waals surface area contributed by atoms with Crippen molar-refractivity contribution in [2.24, 2.45) is 0 Å². The third-order valence-electron chi connectivity index (χ3n) is 8.19. The molecule has 0 saturated carbocycles. The second kappa shape index (κ2) is 13.6. The van der Waals surface area contributed by atoms with Gasteiger partial charge in [0.15, 0.2) is 12.1 Å². The number of benzene rings is 3. The molecule has 3 aliphatic rings. The van der Waals surface area contributed by atoms with Crippen LogP contribution in [-0.4, -0.2) is 65.5 Å². The van der Waals surface area contributed by atoms with Crippen LogP contribution >= 0.6 is 11.8 Å². The highest BCUT2D eigenvalue weighted by atomic mass is 32.2. The van der Waals surface area contributed by atoms with E-state index in [1.807, 2.05) is 78.9 Å². The van der Waals surface area contributed by atoms with Crippen LogP contribution in [0.15, 0.2) is 108 Å². The van der Waals surface area contributed by atoms with Crippen LogP contribution in [0.5, 0.6) is 5.75 Å². The van der Waals surface area contributed by atoms with Crippen molar-refractivity contribution in [1.82, 2.24) is 10.2 Å². The Kier molecular flexibility index (Phi) is 9.32. The van der Waals surface area contributed by atoms with Crippen LogP contribution in [0.3, 0.4) is 0 Å². The summed E-state index contributed by atoms with van der Waals surface area (Å²) >= 11 is 1.29. The maximum absolute atomic E-state index is 14.3. The summed E-state index contributed by atoms with van der Waals surface area (Å²) in [5.74, 6) is -0.747. The highest BCUT2D eigenvalue weighted by molar-refractivity contribution is 8.03. The highest BCUT2D eigenvalue weighted by Crippen LogP contribution is 2.43. The molecule has 0 aliphatic carbocycles. The number of ether oxygens (including phenoxy) is 3. The van der Waals surface area contributed by atoms with Gasteiger partial charge in [0.1, 0.15) is 22.8 Å². The number of nitrogens with zero attached hydrogens (tertiary/aromatic N) is 2. The van der Waals surface area contributed by atoms with Gasteiger partial charge in [0.05, 0.1) is 12.8 Å². The van der Waals surface area contributed by atoms with Gasteiger partial charge >= 0.3 is 12.1 Å². The molecule has 3 amide bonds. The number of esters is 1. The predicted molar refractivity (Wildman–Crippen MR) is 182 cm³/mol. The van der Waals surface area contributed by atoms with Gasteiger partial charge < -0.3 is 29.3 Å². The summed E-state index contributed by atoms with van der Waals surface area (Å²) < 4.78 is 17.1. The lowest BCUT2D eigenvalue weighted by molar-refractivity contribution is -0.164. The predicted octanol–water partition coefficient (Wildman–Crippen LogP) is 5.75. The van der Waals surface area contributed by atoms with Crippen molar-refractivity contribution in [2.75, 3.05) is 18.6 Å². The van der Waals surface area contributed by atoms with E-state index in [2.05, 4.69) is 5.32 Å². The topological polar surface area (TPSA) is 114 Å². The van der Waals surface area contributed by atoms with Crippen molar-refractivity contribution in [3.05, 3.63) is 119 Å². The second-order valence-electron chi connectivity index (χ2n) is 12.6. The molecule has 3 aromatic carbocycles. The first-order valence-corrected chi connectivity index (χ1v) is 16.6. The first kappa shape index (κ1) is 32.9. The number of β-lactam (4-membered cyclic amide) rings is 1. The fourth-order valence-electron chi connectivity index (χ4n) is 6.00. The molecule has 1 N–H and O–H groups in total. The average molecular weight is 668 g/mol. The second-order valence-corrected chi connectivity index (χ2v) is 13.6. The standard InChI is InChI=1S/C37H37N3O7S/c1-37(2,3)47-36(44)38-29-33(42)40-30(35(43)46-31(23-13-7-5-8-14-23)24-15-9-6-10-16-24)26(22-48-34(29)40)21-25-19-20-39(32(25)41)27-17-11-12-18-28(27)45-4/h5-18,21-22,29-31,34H,19-20H2,1-4H3,(H,38,44)/t29-,30-,34-/m1/s1. The van der Waals surface area contributed by atoms with Gasteiger partial charge in [-0.15, -0.1) is 11.8 Å². The van der Waals surface area contributed by atoms with Gasteiger partial charge in [0.2, 0.25) is 5.91 Å². The summed E-state index contributed by atoms with van der Waals surface area (Å²) in [5, 5.41) is 3.85. The van der Waals surface area contributed by atoms with E-state index in [0.29, 0.717) is 35.5 Å². The number of nitrogens with one attached hydrogen (secondary N) is 1. The van der Waals surface area contributed by atoms with Crippen molar-refractivity contribution >= 4 is 41.3 Å². The molecule has 3 atom stereocenters. The molecule has 3 aliphatic heterocycles. The Labute approximate surface area is 283 Å². The van der Waals surface area contributed by atoms with Gasteiger partial charge in [-0.25, -0.2) is 9.59 Å². The fraction of sp³-hybridized carbons (Fsp3) is 0.297. The molecule has 11 heteroatoms. The molecule has 0 bridgehead atoms. The number of carbonyl (C=O) groups is 4. The summed E-state index contributed by atoms with van der Waals surface area (Å²) in [7, 11) is 1.56. The number of alkyl carbamates (subject to hydrolysis) is 1. The SMILES string of the molecule is COc1ccccc1N1CCC(=CC2=CS[C@@H]3[C@H](NC(=O)OC(C)(C)C)C(=O)N3[C@H]2C(=O)OC(c2ccccc2)c2ccccc2)C1=O. The number of hydrogen-bond donors (Lipinski definition) is 1.